The van der Waals surface area contributed by atoms with E-state index < -0.39 is 0 Å². The quantitative estimate of drug-likeness (QED) is 0.137. The summed E-state index contributed by atoms with van der Waals surface area (Å²) in [4.78, 5) is 8.77. The van der Waals surface area contributed by atoms with Crippen molar-refractivity contribution < 1.29 is 37.7 Å². The van der Waals surface area contributed by atoms with Gasteiger partial charge < -0.3 is 28.9 Å². The monoisotopic (exact) mass is 738 g/mol. The molecule has 0 bridgehead atoms. The summed E-state index contributed by atoms with van der Waals surface area (Å²) in [6, 6.07) is 12.2. The summed E-state index contributed by atoms with van der Waals surface area (Å²) in [6.45, 7) is 4.09. The Bertz CT molecular complexity index is 1450. The number of ether oxygens (including phenoxy) is 1. The molecule has 2 aliphatic rings. The van der Waals surface area contributed by atoms with Gasteiger partial charge in [-0.1, -0.05) is 22.6 Å². The zero-order valence-electron chi connectivity index (χ0n) is 25.6. The average molecular weight is 739 g/mol. The Hall–Kier alpha value is -2.71. The van der Waals surface area contributed by atoms with E-state index in [1.54, 1.807) is 24.3 Å². The summed E-state index contributed by atoms with van der Waals surface area (Å²) in [5, 5.41) is 27.5. The van der Waals surface area contributed by atoms with Crippen LogP contribution in [0.3, 0.4) is 0 Å². The number of benzene rings is 2. The molecule has 11 heteroatoms. The first-order chi connectivity index (χ1) is 21.6. The molecule has 8 nitrogen and oxygen atoms in total. The molecule has 2 saturated carbocycles. The van der Waals surface area contributed by atoms with Crippen LogP contribution in [0, 0.1) is 25.5 Å². The molecule has 4 atom stereocenters. The number of aliphatic hydroxyl groups excluding tert-OH is 3. The minimum Gasteiger partial charge on any atom is -0.441 e. The van der Waals surface area contributed by atoms with Gasteiger partial charge in [-0.15, -0.1) is 0 Å². The van der Waals surface area contributed by atoms with E-state index in [-0.39, 0.29) is 36.1 Å². The van der Waals surface area contributed by atoms with Crippen LogP contribution in [0.15, 0.2) is 57.4 Å². The number of aryl methyl sites for hydroxylation is 2. The number of nitrogens with zero attached hydrogens (tertiary/aromatic N) is 2. The Labute approximate surface area is 276 Å². The van der Waals surface area contributed by atoms with Crippen molar-refractivity contribution in [2.45, 2.75) is 101 Å². The maximum atomic E-state index is 13.0. The summed E-state index contributed by atoms with van der Waals surface area (Å²) in [5.74, 6) is 2.01. The fourth-order valence-electron chi connectivity index (χ4n) is 5.15. The van der Waals surface area contributed by atoms with Crippen LogP contribution in [-0.4, -0.2) is 49.7 Å². The van der Waals surface area contributed by atoms with Crippen LogP contribution in [0.2, 0.25) is 0 Å². The Morgan fingerprint density at radius 3 is 1.58 bits per heavy atom. The van der Waals surface area contributed by atoms with Crippen LogP contribution in [-0.2, 0) is 15.8 Å². The van der Waals surface area contributed by atoms with Crippen LogP contribution < -0.4 is 0 Å². The summed E-state index contributed by atoms with van der Waals surface area (Å²) >= 11 is 2.23. The Balaban J connectivity index is 0.000000172. The van der Waals surface area contributed by atoms with Gasteiger partial charge in [0, 0.05) is 15.6 Å². The predicted molar refractivity (Wildman–Crippen MR) is 175 cm³/mol. The Morgan fingerprint density at radius 1 is 0.711 bits per heavy atom. The molecule has 3 N–H and O–H groups in total. The van der Waals surface area contributed by atoms with Crippen molar-refractivity contribution in [2.24, 2.45) is 0 Å². The van der Waals surface area contributed by atoms with Gasteiger partial charge in [-0.05, 0) is 114 Å². The van der Waals surface area contributed by atoms with Gasteiger partial charge in [0.25, 0.3) is 0 Å². The van der Waals surface area contributed by atoms with Gasteiger partial charge in [0.05, 0.1) is 36.7 Å². The standard InChI is InChI=1S/C17H20FNO3.C11H9FINO.C6H12O2/c1-11-16(10-21-15-4-2-3-14(20)9-15)19-17(22-11)12-5-7-13(18)8-6-12;1-7-10(6-13)14-11(15-7)8-2-4-9(12)5-3-8;7-5-2-1-3-6(8)4-5/h5-8,14-15,20H,2-4,9-10H2,1H3;2-5H,6H2,1H3;5-8H,1-4H2. The fourth-order valence-corrected chi connectivity index (χ4v) is 5.86. The lowest BCUT2D eigenvalue weighted by atomic mass is 9.95. The lowest BCUT2D eigenvalue weighted by Crippen LogP contribution is -2.25. The molecule has 2 fully saturated rings. The smallest absolute Gasteiger partial charge is 0.226 e. The van der Waals surface area contributed by atoms with Gasteiger partial charge in [0.1, 0.15) is 28.8 Å². The number of hydrogen-bond donors (Lipinski definition) is 3. The molecule has 2 heterocycles. The van der Waals surface area contributed by atoms with Gasteiger partial charge in [-0.3, -0.25) is 0 Å². The summed E-state index contributed by atoms with van der Waals surface area (Å²) in [5.41, 5.74) is 3.23. The van der Waals surface area contributed by atoms with Crippen molar-refractivity contribution >= 4 is 22.6 Å². The summed E-state index contributed by atoms with van der Waals surface area (Å²) in [7, 11) is 0. The number of aliphatic hydroxyl groups is 3. The highest BCUT2D eigenvalue weighted by Gasteiger charge is 2.22. The van der Waals surface area contributed by atoms with E-state index in [0.717, 1.165) is 71.2 Å². The minimum atomic E-state index is -0.286. The molecule has 2 aromatic carbocycles. The second kappa shape index (κ2) is 17.3. The van der Waals surface area contributed by atoms with Crippen LogP contribution in [0.5, 0.6) is 0 Å². The number of rotatable bonds is 6. The molecule has 4 aromatic rings. The number of oxazole rings is 2. The topological polar surface area (TPSA) is 122 Å². The Kier molecular flexibility index (Phi) is 13.5. The second-order valence-corrected chi connectivity index (χ2v) is 12.2. The van der Waals surface area contributed by atoms with Crippen molar-refractivity contribution in [1.29, 1.82) is 0 Å². The van der Waals surface area contributed by atoms with Crippen molar-refractivity contribution in [3.8, 4) is 22.9 Å². The van der Waals surface area contributed by atoms with E-state index in [1.165, 1.54) is 24.3 Å². The lowest BCUT2D eigenvalue weighted by Gasteiger charge is -2.25. The molecule has 6 rings (SSSR count). The third-order valence-electron chi connectivity index (χ3n) is 7.77. The average Bonchev–Trinajstić information content (AvgIpc) is 3.59. The van der Waals surface area contributed by atoms with E-state index in [1.807, 2.05) is 13.8 Å². The minimum absolute atomic E-state index is 0.0779. The summed E-state index contributed by atoms with van der Waals surface area (Å²) in [6.07, 6.45) is 6.15. The van der Waals surface area contributed by atoms with Gasteiger partial charge >= 0.3 is 0 Å². The molecule has 0 radical (unpaired) electrons. The molecule has 45 heavy (non-hydrogen) atoms. The number of halogens is 3. The highest BCUT2D eigenvalue weighted by molar-refractivity contribution is 14.1. The zero-order chi connectivity index (χ0) is 32.3. The molecule has 2 aliphatic carbocycles. The van der Waals surface area contributed by atoms with Gasteiger partial charge in [0.15, 0.2) is 0 Å². The van der Waals surface area contributed by atoms with E-state index in [9.17, 15) is 13.9 Å². The first-order valence-corrected chi connectivity index (χ1v) is 16.8. The molecule has 0 saturated heterocycles. The molecule has 0 spiro atoms. The number of alkyl halides is 1. The highest BCUT2D eigenvalue weighted by Crippen LogP contribution is 2.26. The van der Waals surface area contributed by atoms with E-state index in [2.05, 4.69) is 32.6 Å². The maximum Gasteiger partial charge on any atom is 0.226 e. The van der Waals surface area contributed by atoms with Crippen LogP contribution >= 0.6 is 22.6 Å². The SMILES string of the molecule is Cc1oc(-c2ccc(F)cc2)nc1CI.Cc1oc(-c2ccc(F)cc2)nc1COC1CCCC(O)C1.OC1CCCC(O)C1. The number of hydrogen-bond acceptors (Lipinski definition) is 8. The normalized spacial score (nSPS) is 21.3. The zero-order valence-corrected chi connectivity index (χ0v) is 27.8. The summed E-state index contributed by atoms with van der Waals surface area (Å²) < 4.78 is 43.4. The van der Waals surface area contributed by atoms with Crippen molar-refractivity contribution in [1.82, 2.24) is 9.97 Å². The first kappa shape index (κ1) is 35.1. The van der Waals surface area contributed by atoms with Crippen molar-refractivity contribution in [3.63, 3.8) is 0 Å². The molecular weight excluding hydrogens is 697 g/mol. The van der Waals surface area contributed by atoms with Crippen LogP contribution in [0.25, 0.3) is 22.9 Å². The van der Waals surface area contributed by atoms with Crippen LogP contribution in [0.4, 0.5) is 8.78 Å². The highest BCUT2D eigenvalue weighted by atomic mass is 127. The second-order valence-electron chi connectivity index (χ2n) is 11.4. The first-order valence-electron chi connectivity index (χ1n) is 15.3. The molecule has 2 aromatic heterocycles. The molecule has 0 aliphatic heterocycles. The van der Waals surface area contributed by atoms with E-state index in [4.69, 9.17) is 23.8 Å². The third kappa shape index (κ3) is 11.0. The van der Waals surface area contributed by atoms with Gasteiger partial charge in [-0.25, -0.2) is 18.7 Å². The molecule has 4 unspecified atom stereocenters. The molecular formula is C34H41F2IN2O6. The molecule has 244 valence electrons. The third-order valence-corrected chi connectivity index (χ3v) is 8.49. The predicted octanol–water partition coefficient (Wildman–Crippen LogP) is 7.62. The van der Waals surface area contributed by atoms with Gasteiger partial charge in [-0.2, -0.15) is 0 Å². The van der Waals surface area contributed by atoms with Gasteiger partial charge in [0.2, 0.25) is 11.8 Å². The maximum absolute atomic E-state index is 13.0. The Morgan fingerprint density at radius 2 is 1.16 bits per heavy atom. The van der Waals surface area contributed by atoms with E-state index in [0.29, 0.717) is 37.0 Å². The lowest BCUT2D eigenvalue weighted by molar-refractivity contribution is -0.0240. The van der Waals surface area contributed by atoms with E-state index >= 15 is 0 Å². The fraction of sp³-hybridized carbons (Fsp3) is 0.471. The largest absolute Gasteiger partial charge is 0.441 e. The van der Waals surface area contributed by atoms with Crippen molar-refractivity contribution in [2.75, 3.05) is 0 Å². The number of aromatic nitrogens is 2. The molecule has 0 amide bonds. The van der Waals surface area contributed by atoms with Crippen molar-refractivity contribution in [3.05, 3.63) is 83.1 Å². The van der Waals surface area contributed by atoms with Crippen LogP contribution in [0.1, 0.15) is 74.3 Å².